The van der Waals surface area contributed by atoms with Gasteiger partial charge >= 0.3 is 12.2 Å². The van der Waals surface area contributed by atoms with Crippen molar-refractivity contribution < 1.29 is 17.9 Å². The van der Waals surface area contributed by atoms with Gasteiger partial charge in [0.2, 0.25) is 0 Å². The molecule has 0 aliphatic rings. The number of anilines is 2. The average molecular weight is 339 g/mol. The third-order valence-corrected chi connectivity index (χ3v) is 3.24. The molecule has 24 heavy (non-hydrogen) atoms. The molecule has 1 aromatic carbocycles. The van der Waals surface area contributed by atoms with E-state index in [-0.39, 0.29) is 11.8 Å². The van der Waals surface area contributed by atoms with Gasteiger partial charge in [0.25, 0.3) is 0 Å². The number of benzene rings is 1. The lowest BCUT2D eigenvalue weighted by atomic mass is 10.1. The Kier molecular flexibility index (Phi) is 4.73. The van der Waals surface area contributed by atoms with Crippen molar-refractivity contribution in [2.45, 2.75) is 39.5 Å². The first-order chi connectivity index (χ1) is 11.0. The molecule has 0 radical (unpaired) electrons. The molecular weight excluding hydrogens is 319 g/mol. The molecule has 0 N–H and O–H groups in total. The first kappa shape index (κ1) is 18.0. The third kappa shape index (κ3) is 4.15. The van der Waals surface area contributed by atoms with Gasteiger partial charge in [-0.1, -0.05) is 18.2 Å². The maximum Gasteiger partial charge on any atom is 0.421 e. The number of para-hydroxylation sites is 1. The third-order valence-electron chi connectivity index (χ3n) is 3.24. The number of ether oxygens (including phenoxy) is 1. The standard InChI is InChI=1S/C17H20F3N3O/c1-11-8-6-7-9-13(11)23(5)14-12(17(18,19)20)10-21-15(22-14)24-16(2,3)4/h6-10H,1-5H3. The van der Waals surface area contributed by atoms with Crippen molar-refractivity contribution in [3.05, 3.63) is 41.6 Å². The van der Waals surface area contributed by atoms with Crippen LogP contribution in [0, 0.1) is 6.92 Å². The Hall–Kier alpha value is -2.31. The van der Waals surface area contributed by atoms with E-state index < -0.39 is 17.3 Å². The van der Waals surface area contributed by atoms with Crippen LogP contribution in [0.4, 0.5) is 24.7 Å². The number of alkyl halides is 3. The lowest BCUT2D eigenvalue weighted by Gasteiger charge is -2.25. The molecule has 0 saturated heterocycles. The van der Waals surface area contributed by atoms with Crippen LogP contribution in [0.5, 0.6) is 6.01 Å². The maximum atomic E-state index is 13.3. The summed E-state index contributed by atoms with van der Waals surface area (Å²) >= 11 is 0. The number of rotatable bonds is 3. The van der Waals surface area contributed by atoms with Gasteiger partial charge in [0.15, 0.2) is 5.82 Å². The summed E-state index contributed by atoms with van der Waals surface area (Å²) in [6.45, 7) is 7.16. The predicted molar refractivity (Wildman–Crippen MR) is 86.7 cm³/mol. The predicted octanol–water partition coefficient (Wildman–Crippen LogP) is 4.75. The van der Waals surface area contributed by atoms with E-state index in [2.05, 4.69) is 9.97 Å². The Morgan fingerprint density at radius 3 is 2.25 bits per heavy atom. The van der Waals surface area contributed by atoms with E-state index in [0.29, 0.717) is 5.69 Å². The van der Waals surface area contributed by atoms with Crippen LogP contribution in [-0.4, -0.2) is 22.6 Å². The molecule has 0 unspecified atom stereocenters. The summed E-state index contributed by atoms with van der Waals surface area (Å²) in [4.78, 5) is 9.12. The summed E-state index contributed by atoms with van der Waals surface area (Å²) in [6, 6.07) is 7.06. The van der Waals surface area contributed by atoms with Crippen LogP contribution in [-0.2, 0) is 6.18 Å². The van der Waals surface area contributed by atoms with Gasteiger partial charge in [-0.2, -0.15) is 18.2 Å². The first-order valence-corrected chi connectivity index (χ1v) is 7.41. The van der Waals surface area contributed by atoms with Gasteiger partial charge in [-0.3, -0.25) is 0 Å². The molecule has 1 aromatic heterocycles. The van der Waals surface area contributed by atoms with Gasteiger partial charge in [-0.25, -0.2) is 4.98 Å². The molecule has 2 rings (SSSR count). The van der Waals surface area contributed by atoms with Gasteiger partial charge in [0.1, 0.15) is 11.2 Å². The minimum atomic E-state index is -4.56. The maximum absolute atomic E-state index is 13.3. The summed E-state index contributed by atoms with van der Waals surface area (Å²) in [5, 5.41) is 0. The summed E-state index contributed by atoms with van der Waals surface area (Å²) in [5.74, 6) is -0.244. The molecule has 7 heteroatoms. The normalized spacial score (nSPS) is 12.2. The number of halogens is 3. The minimum absolute atomic E-state index is 0.0917. The Morgan fingerprint density at radius 1 is 1.08 bits per heavy atom. The molecule has 0 spiro atoms. The lowest BCUT2D eigenvalue weighted by Crippen LogP contribution is -2.26. The molecule has 2 aromatic rings. The quantitative estimate of drug-likeness (QED) is 0.809. The summed E-state index contributed by atoms with van der Waals surface area (Å²) in [5.41, 5.74) is -0.0546. The van der Waals surface area contributed by atoms with Gasteiger partial charge in [0, 0.05) is 18.9 Å². The van der Waals surface area contributed by atoms with Crippen LogP contribution in [0.3, 0.4) is 0 Å². The Bertz CT molecular complexity index is 724. The molecule has 0 fully saturated rings. The Morgan fingerprint density at radius 2 is 1.71 bits per heavy atom. The topological polar surface area (TPSA) is 38.2 Å². The largest absolute Gasteiger partial charge is 0.458 e. The fraction of sp³-hybridized carbons (Fsp3) is 0.412. The molecule has 0 aliphatic carbocycles. The molecule has 130 valence electrons. The number of hydrogen-bond acceptors (Lipinski definition) is 4. The van der Waals surface area contributed by atoms with Gasteiger partial charge in [-0.15, -0.1) is 0 Å². The number of aromatic nitrogens is 2. The highest BCUT2D eigenvalue weighted by atomic mass is 19.4. The van der Waals surface area contributed by atoms with Gasteiger partial charge < -0.3 is 9.64 Å². The zero-order chi connectivity index (χ0) is 18.1. The highest BCUT2D eigenvalue weighted by Gasteiger charge is 2.37. The zero-order valence-electron chi connectivity index (χ0n) is 14.3. The van der Waals surface area contributed by atoms with Crippen molar-refractivity contribution in [3.63, 3.8) is 0 Å². The van der Waals surface area contributed by atoms with Crippen LogP contribution in [0.1, 0.15) is 31.9 Å². The second-order valence-electron chi connectivity index (χ2n) is 6.45. The van der Waals surface area contributed by atoms with Crippen LogP contribution < -0.4 is 9.64 Å². The van der Waals surface area contributed by atoms with E-state index in [1.807, 2.05) is 19.1 Å². The van der Waals surface area contributed by atoms with Crippen LogP contribution >= 0.6 is 0 Å². The first-order valence-electron chi connectivity index (χ1n) is 7.41. The van der Waals surface area contributed by atoms with Gasteiger partial charge in [0.05, 0.1) is 0 Å². The zero-order valence-corrected chi connectivity index (χ0v) is 14.3. The lowest BCUT2D eigenvalue weighted by molar-refractivity contribution is -0.137. The average Bonchev–Trinajstić information content (AvgIpc) is 2.44. The molecule has 0 saturated carbocycles. The van der Waals surface area contributed by atoms with Crippen molar-refractivity contribution in [2.24, 2.45) is 0 Å². The number of nitrogens with zero attached hydrogens (tertiary/aromatic N) is 3. The smallest absolute Gasteiger partial charge is 0.421 e. The SMILES string of the molecule is Cc1ccccc1N(C)c1nc(OC(C)(C)C)ncc1C(F)(F)F. The van der Waals surface area contributed by atoms with E-state index in [9.17, 15) is 13.2 Å². The van der Waals surface area contributed by atoms with Gasteiger partial charge in [-0.05, 0) is 39.3 Å². The van der Waals surface area contributed by atoms with Crippen molar-refractivity contribution in [1.82, 2.24) is 9.97 Å². The van der Waals surface area contributed by atoms with Crippen molar-refractivity contribution in [3.8, 4) is 6.01 Å². The highest BCUT2D eigenvalue weighted by molar-refractivity contribution is 5.65. The van der Waals surface area contributed by atoms with Crippen LogP contribution in [0.2, 0.25) is 0 Å². The Balaban J connectivity index is 2.56. The number of hydrogen-bond donors (Lipinski definition) is 0. The monoisotopic (exact) mass is 339 g/mol. The summed E-state index contributed by atoms with van der Waals surface area (Å²) in [6.07, 6.45) is -3.80. The van der Waals surface area contributed by atoms with E-state index in [1.165, 1.54) is 4.90 Å². The van der Waals surface area contributed by atoms with E-state index in [1.54, 1.807) is 40.0 Å². The fourth-order valence-electron chi connectivity index (χ4n) is 2.19. The highest BCUT2D eigenvalue weighted by Crippen LogP contribution is 2.38. The number of aryl methyl sites for hydroxylation is 1. The minimum Gasteiger partial charge on any atom is -0.458 e. The van der Waals surface area contributed by atoms with Crippen LogP contribution in [0.15, 0.2) is 30.5 Å². The second kappa shape index (κ2) is 6.30. The molecule has 0 amide bonds. The van der Waals surface area contributed by atoms with Crippen molar-refractivity contribution in [1.29, 1.82) is 0 Å². The summed E-state index contributed by atoms with van der Waals surface area (Å²) < 4.78 is 45.6. The molecule has 1 heterocycles. The van der Waals surface area contributed by atoms with E-state index in [0.717, 1.165) is 11.8 Å². The second-order valence-corrected chi connectivity index (χ2v) is 6.45. The van der Waals surface area contributed by atoms with E-state index in [4.69, 9.17) is 4.74 Å². The summed E-state index contributed by atoms with van der Waals surface area (Å²) in [7, 11) is 1.54. The molecule has 4 nitrogen and oxygen atoms in total. The molecule has 0 atom stereocenters. The van der Waals surface area contributed by atoms with Crippen molar-refractivity contribution >= 4 is 11.5 Å². The Labute approximate surface area is 139 Å². The van der Waals surface area contributed by atoms with Crippen LogP contribution in [0.25, 0.3) is 0 Å². The van der Waals surface area contributed by atoms with E-state index >= 15 is 0 Å². The van der Waals surface area contributed by atoms with Crippen molar-refractivity contribution in [2.75, 3.05) is 11.9 Å². The molecule has 0 bridgehead atoms. The fourth-order valence-corrected chi connectivity index (χ4v) is 2.19. The molecule has 0 aliphatic heterocycles. The molecular formula is C17H20F3N3O.